The monoisotopic (exact) mass is 213 g/mol. The van der Waals surface area contributed by atoms with Crippen LogP contribution in [0.4, 0.5) is 0 Å². The number of oxazole rings is 1. The molecule has 40 valence electrons. The van der Waals surface area contributed by atoms with Crippen LogP contribution in [0.3, 0.4) is 0 Å². The maximum Gasteiger partial charge on any atom is 0.235 e. The number of hydrogen-bond donors (Lipinski definition) is 0. The van der Waals surface area contributed by atoms with E-state index in [1.54, 1.807) is 0 Å². The fraction of sp³-hybridized carbons (Fsp3) is 0. The Balaban J connectivity index is 0.000000360. The minimum atomic E-state index is -0.532. The third kappa shape index (κ3) is 1.77. The lowest BCUT2D eigenvalue weighted by Crippen LogP contribution is -3.00. The molecule has 1 aromatic rings. The van der Waals surface area contributed by atoms with Gasteiger partial charge in [0.2, 0.25) is 24.0 Å². The Morgan fingerprint density at radius 1 is 1.71 bits per heavy atom. The first-order valence-corrected chi connectivity index (χ1v) is 1.46. The lowest BCUT2D eigenvalue weighted by molar-refractivity contribution is -0.300. The van der Waals surface area contributed by atoms with Crippen molar-refractivity contribution in [3.63, 3.8) is 0 Å². The first kappa shape index (κ1) is 6.74. The minimum Gasteiger partial charge on any atom is -0.572 e. The van der Waals surface area contributed by atoms with Crippen LogP contribution in [-0.2, 0) is 0 Å². The average molecular weight is 213 g/mol. The molecule has 4 heteroatoms. The fourth-order valence-corrected chi connectivity index (χ4v) is 0.210. The molecule has 1 heterocycles. The third-order valence-electron chi connectivity index (χ3n) is 0.410. The zero-order valence-electron chi connectivity index (χ0n) is 3.37. The first-order valence-electron chi connectivity index (χ1n) is 1.46. The van der Waals surface area contributed by atoms with Crippen molar-refractivity contribution in [3.8, 4) is 6.08 Å². The van der Waals surface area contributed by atoms with E-state index in [2.05, 4.69) is 9.40 Å². The number of halogens is 1. The molecule has 0 amide bonds. The predicted molar refractivity (Wildman–Crippen MR) is 18.7 cm³/mol. The van der Waals surface area contributed by atoms with Gasteiger partial charge in [-0.15, -0.1) is 0 Å². The summed E-state index contributed by atoms with van der Waals surface area (Å²) in [6.07, 6.45) is 2.01. The van der Waals surface area contributed by atoms with Gasteiger partial charge in [0, 0.05) is 6.20 Å². The second-order valence-electron chi connectivity index (χ2n) is 0.798. The van der Waals surface area contributed by atoms with E-state index in [1.165, 1.54) is 12.5 Å². The highest BCUT2D eigenvalue weighted by atomic mass is 127. The Bertz CT molecular complexity index is 116. The molecule has 0 aliphatic heterocycles. The number of rotatable bonds is 0. The maximum atomic E-state index is 9.79. The molecule has 0 fully saturated rings. The van der Waals surface area contributed by atoms with Gasteiger partial charge in [-0.25, -0.2) is 4.98 Å². The van der Waals surface area contributed by atoms with E-state index in [4.69, 9.17) is 0 Å². The Kier molecular flexibility index (Phi) is 2.73. The van der Waals surface area contributed by atoms with Gasteiger partial charge in [-0.05, 0) is 6.26 Å². The van der Waals surface area contributed by atoms with Gasteiger partial charge in [0.05, 0.1) is 0 Å². The lowest BCUT2D eigenvalue weighted by atomic mass is 11.0. The van der Waals surface area contributed by atoms with Crippen LogP contribution < -0.4 is 29.1 Å². The number of hydrogen-bond acceptors (Lipinski definition) is 3. The average Bonchev–Trinajstić information content (AvgIpc) is 1.86. The molecule has 0 saturated carbocycles. The van der Waals surface area contributed by atoms with Gasteiger partial charge in [-0.1, -0.05) is 0 Å². The summed E-state index contributed by atoms with van der Waals surface area (Å²) in [6, 6.07) is 0. The van der Waals surface area contributed by atoms with Gasteiger partial charge >= 0.3 is 0 Å². The van der Waals surface area contributed by atoms with Crippen molar-refractivity contribution in [2.24, 2.45) is 0 Å². The molecular formula is C3H4INO2. The lowest BCUT2D eigenvalue weighted by Gasteiger charge is -1.81. The van der Waals surface area contributed by atoms with E-state index in [0.717, 1.165) is 0 Å². The van der Waals surface area contributed by atoms with Crippen molar-refractivity contribution in [3.05, 3.63) is 12.5 Å². The summed E-state index contributed by atoms with van der Waals surface area (Å²) >= 11 is 0. The van der Waals surface area contributed by atoms with Gasteiger partial charge in [-0.3, -0.25) is 0 Å². The fourth-order valence-electron chi connectivity index (χ4n) is 0.210. The molecular weight excluding hydrogens is 209 g/mol. The van der Waals surface area contributed by atoms with Crippen molar-refractivity contribution >= 4 is 0 Å². The normalized spacial score (nSPS) is 7.43. The van der Waals surface area contributed by atoms with E-state index < -0.39 is 6.08 Å². The smallest absolute Gasteiger partial charge is 0.235 e. The Labute approximate surface area is 57.4 Å². The van der Waals surface area contributed by atoms with Gasteiger partial charge < -0.3 is 9.52 Å². The molecule has 1 rings (SSSR count). The van der Waals surface area contributed by atoms with Crippen LogP contribution in [0.15, 0.2) is 16.9 Å². The summed E-state index contributed by atoms with van der Waals surface area (Å²) in [7, 11) is 0. The second kappa shape index (κ2) is 2.84. The summed E-state index contributed by atoms with van der Waals surface area (Å²) in [6.45, 7) is 0. The maximum absolute atomic E-state index is 9.79. The molecule has 1 aromatic heterocycles. The summed E-state index contributed by atoms with van der Waals surface area (Å²) in [5.41, 5.74) is 0. The SMILES string of the molecule is [IH2+].[O-]c1ncco1. The molecule has 0 aliphatic rings. The summed E-state index contributed by atoms with van der Waals surface area (Å²) in [4.78, 5) is 3.19. The van der Waals surface area contributed by atoms with Gasteiger partial charge in [0.1, 0.15) is 0 Å². The van der Waals surface area contributed by atoms with Gasteiger partial charge in [0.15, 0.2) is 6.08 Å². The molecule has 7 heavy (non-hydrogen) atoms. The topological polar surface area (TPSA) is 49.1 Å². The Hall–Kier alpha value is -0.260. The van der Waals surface area contributed by atoms with E-state index in [9.17, 15) is 5.11 Å². The van der Waals surface area contributed by atoms with Crippen molar-refractivity contribution in [1.29, 1.82) is 0 Å². The minimum absolute atomic E-state index is 0. The molecule has 0 unspecified atom stereocenters. The van der Waals surface area contributed by atoms with Crippen LogP contribution in [-0.4, -0.2) is 4.98 Å². The van der Waals surface area contributed by atoms with Crippen LogP contribution in [0, 0.1) is 0 Å². The van der Waals surface area contributed by atoms with E-state index in [-0.39, 0.29) is 24.0 Å². The van der Waals surface area contributed by atoms with Gasteiger partial charge in [0.25, 0.3) is 0 Å². The van der Waals surface area contributed by atoms with E-state index in [1.807, 2.05) is 0 Å². The van der Waals surface area contributed by atoms with Crippen LogP contribution in [0.5, 0.6) is 6.08 Å². The zero-order chi connectivity index (χ0) is 4.41. The van der Waals surface area contributed by atoms with Crippen LogP contribution >= 0.6 is 0 Å². The van der Waals surface area contributed by atoms with Crippen molar-refractivity contribution in [1.82, 2.24) is 4.98 Å². The van der Waals surface area contributed by atoms with Crippen LogP contribution in [0.25, 0.3) is 0 Å². The highest BCUT2D eigenvalue weighted by molar-refractivity contribution is 4.77. The van der Waals surface area contributed by atoms with Crippen molar-refractivity contribution < 1.29 is 33.5 Å². The quantitative estimate of drug-likeness (QED) is 0.415. The molecule has 0 saturated heterocycles. The molecule has 0 atom stereocenters. The second-order valence-corrected chi connectivity index (χ2v) is 0.798. The zero-order valence-corrected chi connectivity index (χ0v) is 5.92. The highest BCUT2D eigenvalue weighted by Crippen LogP contribution is 1.92. The molecule has 0 spiro atoms. The largest absolute Gasteiger partial charge is 0.572 e. The van der Waals surface area contributed by atoms with Crippen molar-refractivity contribution in [2.75, 3.05) is 0 Å². The number of aromatic nitrogens is 1. The molecule has 0 bridgehead atoms. The summed E-state index contributed by atoms with van der Waals surface area (Å²) in [5.74, 6) is 0. The summed E-state index contributed by atoms with van der Waals surface area (Å²) < 4.78 is 4.17. The van der Waals surface area contributed by atoms with Crippen molar-refractivity contribution in [2.45, 2.75) is 0 Å². The summed E-state index contributed by atoms with van der Waals surface area (Å²) in [5, 5.41) is 9.79. The Morgan fingerprint density at radius 2 is 2.43 bits per heavy atom. The van der Waals surface area contributed by atoms with Crippen LogP contribution in [0.1, 0.15) is 0 Å². The first-order chi connectivity index (χ1) is 2.89. The molecule has 3 nitrogen and oxygen atoms in total. The predicted octanol–water partition coefficient (Wildman–Crippen LogP) is -3.78. The third-order valence-corrected chi connectivity index (χ3v) is 0.410. The number of nitrogens with zero attached hydrogens (tertiary/aromatic N) is 1. The van der Waals surface area contributed by atoms with E-state index >= 15 is 0 Å². The molecule has 0 aromatic carbocycles. The van der Waals surface area contributed by atoms with Gasteiger partial charge in [-0.2, -0.15) is 0 Å². The standard InChI is InChI=1S/C3H3NO2.H2I/c5-3-4-1-2-6-3;/h1-2H,(H,4,5);1H2/q;+1/p-1. The molecule has 0 N–H and O–H groups in total. The molecule has 0 radical (unpaired) electrons. The highest BCUT2D eigenvalue weighted by Gasteiger charge is 1.67. The van der Waals surface area contributed by atoms with E-state index in [0.29, 0.717) is 0 Å². The Morgan fingerprint density at radius 3 is 2.57 bits per heavy atom. The molecule has 0 aliphatic carbocycles. The van der Waals surface area contributed by atoms with Crippen LogP contribution in [0.2, 0.25) is 0 Å².